The molecule has 0 saturated carbocycles. The van der Waals surface area contributed by atoms with Gasteiger partial charge >= 0.3 is 0 Å². The lowest BCUT2D eigenvalue weighted by molar-refractivity contribution is 0.598. The lowest BCUT2D eigenvalue weighted by Gasteiger charge is -2.09. The van der Waals surface area contributed by atoms with Crippen molar-refractivity contribution >= 4 is 43.1 Å². The van der Waals surface area contributed by atoms with Crippen LogP contribution in [0.25, 0.3) is 21.3 Å². The number of nitrogens with one attached hydrogen (secondary N) is 1. The first-order valence-corrected chi connectivity index (χ1v) is 10.5. The van der Waals surface area contributed by atoms with Crippen LogP contribution in [0.5, 0.6) is 0 Å². The van der Waals surface area contributed by atoms with Gasteiger partial charge in [0.15, 0.2) is 0 Å². The van der Waals surface area contributed by atoms with E-state index in [2.05, 4.69) is 34.3 Å². The highest BCUT2D eigenvalue weighted by atomic mass is 32.2. The summed E-state index contributed by atoms with van der Waals surface area (Å²) >= 11 is 1.62. The van der Waals surface area contributed by atoms with E-state index in [0.29, 0.717) is 11.5 Å². The summed E-state index contributed by atoms with van der Waals surface area (Å²) in [5.41, 5.74) is 2.91. The number of sulfonamides is 1. The molecule has 2 heterocycles. The summed E-state index contributed by atoms with van der Waals surface area (Å²) in [6.45, 7) is 2.07. The molecule has 6 nitrogen and oxygen atoms in total. The molecule has 27 heavy (non-hydrogen) atoms. The third-order valence-electron chi connectivity index (χ3n) is 4.17. The number of aromatic nitrogens is 2. The molecule has 0 saturated heterocycles. The molecule has 0 spiro atoms. The SMILES string of the molecule is Cc1sc2ncnc(Nc3ccc(S(N)(=O)=O)cc3)c2c1-c1ccccc1. The first-order valence-electron chi connectivity index (χ1n) is 8.13. The fourth-order valence-electron chi connectivity index (χ4n) is 2.96. The molecule has 0 bridgehead atoms. The minimum absolute atomic E-state index is 0.0669. The average molecular weight is 396 g/mol. The Kier molecular flexibility index (Phi) is 4.39. The second-order valence-electron chi connectivity index (χ2n) is 6.00. The zero-order valence-corrected chi connectivity index (χ0v) is 16.0. The molecule has 2 aromatic heterocycles. The molecule has 136 valence electrons. The van der Waals surface area contributed by atoms with Crippen molar-refractivity contribution in [3.05, 3.63) is 65.8 Å². The highest BCUT2D eigenvalue weighted by Gasteiger charge is 2.17. The van der Waals surface area contributed by atoms with Crippen LogP contribution < -0.4 is 10.5 Å². The van der Waals surface area contributed by atoms with Crippen LogP contribution in [0.1, 0.15) is 4.88 Å². The van der Waals surface area contributed by atoms with E-state index >= 15 is 0 Å². The molecule has 0 aliphatic rings. The van der Waals surface area contributed by atoms with Gasteiger partial charge in [-0.3, -0.25) is 0 Å². The summed E-state index contributed by atoms with van der Waals surface area (Å²) in [5, 5.41) is 9.37. The Morgan fingerprint density at radius 3 is 2.37 bits per heavy atom. The van der Waals surface area contributed by atoms with Crippen molar-refractivity contribution in [1.29, 1.82) is 0 Å². The van der Waals surface area contributed by atoms with Crippen molar-refractivity contribution < 1.29 is 8.42 Å². The Labute approximate surface area is 160 Å². The van der Waals surface area contributed by atoms with Gasteiger partial charge in [0.1, 0.15) is 17.0 Å². The van der Waals surface area contributed by atoms with Crippen molar-refractivity contribution in [1.82, 2.24) is 9.97 Å². The number of rotatable bonds is 4. The number of hydrogen-bond donors (Lipinski definition) is 2. The molecule has 8 heteroatoms. The Bertz CT molecular complexity index is 1220. The number of nitrogens with zero attached hydrogens (tertiary/aromatic N) is 2. The van der Waals surface area contributed by atoms with E-state index < -0.39 is 10.0 Å². The van der Waals surface area contributed by atoms with Gasteiger partial charge in [-0.15, -0.1) is 11.3 Å². The fraction of sp³-hybridized carbons (Fsp3) is 0.0526. The quantitative estimate of drug-likeness (QED) is 0.542. The van der Waals surface area contributed by atoms with Gasteiger partial charge in [0.2, 0.25) is 10.0 Å². The van der Waals surface area contributed by atoms with Crippen molar-refractivity contribution in [3.63, 3.8) is 0 Å². The molecule has 0 aliphatic heterocycles. The summed E-state index contributed by atoms with van der Waals surface area (Å²) in [4.78, 5) is 10.9. The van der Waals surface area contributed by atoms with Crippen LogP contribution in [0.3, 0.4) is 0 Å². The van der Waals surface area contributed by atoms with E-state index in [1.54, 1.807) is 23.5 Å². The van der Waals surface area contributed by atoms with E-state index in [-0.39, 0.29) is 4.90 Å². The summed E-state index contributed by atoms with van der Waals surface area (Å²) < 4.78 is 22.8. The molecule has 0 radical (unpaired) electrons. The zero-order chi connectivity index (χ0) is 19.0. The van der Waals surface area contributed by atoms with Gasteiger partial charge in [0.25, 0.3) is 0 Å². The maximum absolute atomic E-state index is 11.4. The van der Waals surface area contributed by atoms with Crippen molar-refractivity contribution in [2.24, 2.45) is 5.14 Å². The highest BCUT2D eigenvalue weighted by molar-refractivity contribution is 7.89. The van der Waals surface area contributed by atoms with E-state index in [1.165, 1.54) is 18.5 Å². The lowest BCUT2D eigenvalue weighted by atomic mass is 10.0. The Balaban J connectivity index is 1.81. The maximum atomic E-state index is 11.4. The molecule has 0 amide bonds. The number of fused-ring (bicyclic) bond motifs is 1. The first kappa shape index (κ1) is 17.6. The van der Waals surface area contributed by atoms with E-state index in [0.717, 1.165) is 26.2 Å². The molecule has 4 aromatic rings. The van der Waals surface area contributed by atoms with Crippen LogP contribution in [0, 0.1) is 6.92 Å². The summed E-state index contributed by atoms with van der Waals surface area (Å²) in [5.74, 6) is 0.673. The monoisotopic (exact) mass is 396 g/mol. The predicted octanol–water partition coefficient (Wildman–Crippen LogP) is 4.06. The average Bonchev–Trinajstić information content (AvgIpc) is 2.99. The second-order valence-corrected chi connectivity index (χ2v) is 8.76. The van der Waals surface area contributed by atoms with Gasteiger partial charge in [0.05, 0.1) is 10.3 Å². The van der Waals surface area contributed by atoms with E-state index in [9.17, 15) is 8.42 Å². The molecule has 0 aliphatic carbocycles. The normalized spacial score (nSPS) is 11.6. The number of primary sulfonamides is 1. The standard InChI is InChI=1S/C19H16N4O2S2/c1-12-16(13-5-3-2-4-6-13)17-18(21-11-22-19(17)26-12)23-14-7-9-15(10-8-14)27(20,24)25/h2-11H,1H3,(H2,20,24,25)(H,21,22,23). The molecule has 0 fully saturated rings. The van der Waals surface area contributed by atoms with Gasteiger partial charge in [-0.1, -0.05) is 30.3 Å². The fourth-order valence-corrected chi connectivity index (χ4v) is 4.48. The lowest BCUT2D eigenvalue weighted by Crippen LogP contribution is -2.11. The van der Waals surface area contributed by atoms with Gasteiger partial charge in [-0.25, -0.2) is 23.5 Å². The Hall–Kier alpha value is -2.81. The summed E-state index contributed by atoms with van der Waals surface area (Å²) in [7, 11) is -3.72. The maximum Gasteiger partial charge on any atom is 0.238 e. The van der Waals surface area contributed by atoms with Crippen LogP contribution in [0.4, 0.5) is 11.5 Å². The van der Waals surface area contributed by atoms with Crippen molar-refractivity contribution in [3.8, 4) is 11.1 Å². The molecular weight excluding hydrogens is 380 g/mol. The van der Waals surface area contributed by atoms with Gasteiger partial charge < -0.3 is 5.32 Å². The number of anilines is 2. The largest absolute Gasteiger partial charge is 0.340 e. The van der Waals surface area contributed by atoms with Gasteiger partial charge in [0, 0.05) is 16.1 Å². The smallest absolute Gasteiger partial charge is 0.238 e. The topological polar surface area (TPSA) is 98.0 Å². The molecule has 3 N–H and O–H groups in total. The number of benzene rings is 2. The van der Waals surface area contributed by atoms with Crippen LogP contribution in [-0.4, -0.2) is 18.4 Å². The third-order valence-corrected chi connectivity index (χ3v) is 6.11. The Morgan fingerprint density at radius 1 is 1.00 bits per heavy atom. The summed E-state index contributed by atoms with van der Waals surface area (Å²) in [6.07, 6.45) is 1.52. The Morgan fingerprint density at radius 2 is 1.70 bits per heavy atom. The van der Waals surface area contributed by atoms with Crippen LogP contribution in [-0.2, 0) is 10.0 Å². The van der Waals surface area contributed by atoms with Crippen molar-refractivity contribution in [2.45, 2.75) is 11.8 Å². The third kappa shape index (κ3) is 3.42. The molecular formula is C19H16N4O2S2. The van der Waals surface area contributed by atoms with Gasteiger partial charge in [-0.05, 0) is 36.8 Å². The van der Waals surface area contributed by atoms with Crippen LogP contribution in [0.15, 0.2) is 65.8 Å². The predicted molar refractivity (Wildman–Crippen MR) is 109 cm³/mol. The number of thiophene rings is 1. The van der Waals surface area contributed by atoms with Crippen LogP contribution in [0.2, 0.25) is 0 Å². The highest BCUT2D eigenvalue weighted by Crippen LogP contribution is 2.40. The van der Waals surface area contributed by atoms with E-state index in [1.807, 2.05) is 18.2 Å². The summed E-state index contributed by atoms with van der Waals surface area (Å²) in [6, 6.07) is 16.4. The second kappa shape index (κ2) is 6.73. The number of nitrogens with two attached hydrogens (primary N) is 1. The van der Waals surface area contributed by atoms with Crippen LogP contribution >= 0.6 is 11.3 Å². The molecule has 0 atom stereocenters. The molecule has 2 aromatic carbocycles. The first-order chi connectivity index (χ1) is 12.9. The zero-order valence-electron chi connectivity index (χ0n) is 14.4. The molecule has 0 unspecified atom stereocenters. The van der Waals surface area contributed by atoms with E-state index in [4.69, 9.17) is 5.14 Å². The molecule has 4 rings (SSSR count). The minimum Gasteiger partial charge on any atom is -0.340 e. The van der Waals surface area contributed by atoms with Gasteiger partial charge in [-0.2, -0.15) is 0 Å². The number of hydrogen-bond acceptors (Lipinski definition) is 6. The van der Waals surface area contributed by atoms with Crippen molar-refractivity contribution in [2.75, 3.05) is 5.32 Å². The number of aryl methyl sites for hydroxylation is 1. The minimum atomic E-state index is -3.72.